The Morgan fingerprint density at radius 2 is 1.70 bits per heavy atom. The third kappa shape index (κ3) is 4.89. The quantitative estimate of drug-likeness (QED) is 0.710. The van der Waals surface area contributed by atoms with E-state index in [4.69, 9.17) is 17.3 Å². The molecular weight excluding hydrogens is 368 g/mol. The number of nitrogen functional groups attached to an aromatic ring is 1. The Bertz CT molecular complexity index is 959. The molecule has 1 aromatic carbocycles. The van der Waals surface area contributed by atoms with Crippen LogP contribution in [0.1, 0.15) is 32.3 Å². The Balaban J connectivity index is 2.36. The van der Waals surface area contributed by atoms with Gasteiger partial charge in [0.25, 0.3) is 5.56 Å². The topological polar surface area (TPSA) is 99.1 Å². The van der Waals surface area contributed by atoms with E-state index in [-0.39, 0.29) is 18.1 Å². The first-order valence-corrected chi connectivity index (χ1v) is 9.14. The number of anilines is 2. The molecule has 0 aliphatic carbocycles. The zero-order valence-electron chi connectivity index (χ0n) is 15.4. The highest BCUT2D eigenvalue weighted by Gasteiger charge is 2.17. The van der Waals surface area contributed by atoms with Crippen molar-refractivity contribution < 1.29 is 4.79 Å². The van der Waals surface area contributed by atoms with Crippen LogP contribution in [0.15, 0.2) is 39.9 Å². The first kappa shape index (κ1) is 20.5. The highest BCUT2D eigenvalue weighted by Crippen LogP contribution is 2.13. The van der Waals surface area contributed by atoms with Crippen molar-refractivity contribution in [2.75, 3.05) is 11.1 Å². The van der Waals surface area contributed by atoms with Crippen LogP contribution >= 0.6 is 11.6 Å². The highest BCUT2D eigenvalue weighted by molar-refractivity contribution is 6.30. The summed E-state index contributed by atoms with van der Waals surface area (Å²) >= 11 is 5.83. The average Bonchev–Trinajstić information content (AvgIpc) is 2.65. The van der Waals surface area contributed by atoms with E-state index >= 15 is 0 Å². The molecular formula is C19H23ClN4O3. The third-order valence-corrected chi connectivity index (χ3v) is 4.16. The molecule has 0 saturated carbocycles. The molecule has 0 fully saturated rings. The molecule has 0 saturated heterocycles. The molecule has 1 amide bonds. The lowest BCUT2D eigenvalue weighted by atomic mass is 10.2. The van der Waals surface area contributed by atoms with Gasteiger partial charge in [0.05, 0.1) is 0 Å². The maximum absolute atomic E-state index is 12.6. The van der Waals surface area contributed by atoms with Crippen LogP contribution in [-0.4, -0.2) is 15.0 Å². The van der Waals surface area contributed by atoms with Crippen LogP contribution in [0.25, 0.3) is 6.08 Å². The molecule has 0 aliphatic heterocycles. The summed E-state index contributed by atoms with van der Waals surface area (Å²) in [5.41, 5.74) is 5.64. The van der Waals surface area contributed by atoms with Gasteiger partial charge in [-0.2, -0.15) is 0 Å². The zero-order valence-corrected chi connectivity index (χ0v) is 16.1. The van der Waals surface area contributed by atoms with Gasteiger partial charge in [0.15, 0.2) is 0 Å². The van der Waals surface area contributed by atoms with Crippen molar-refractivity contribution in [1.82, 2.24) is 9.13 Å². The van der Waals surface area contributed by atoms with Crippen molar-refractivity contribution in [2.24, 2.45) is 0 Å². The first-order chi connectivity index (χ1) is 12.9. The lowest BCUT2D eigenvalue weighted by Crippen LogP contribution is -2.42. The van der Waals surface area contributed by atoms with E-state index in [1.165, 1.54) is 10.6 Å². The fourth-order valence-corrected chi connectivity index (χ4v) is 2.73. The van der Waals surface area contributed by atoms with Gasteiger partial charge in [-0.25, -0.2) is 4.79 Å². The van der Waals surface area contributed by atoms with Crippen molar-refractivity contribution in [3.8, 4) is 0 Å². The Morgan fingerprint density at radius 3 is 2.30 bits per heavy atom. The summed E-state index contributed by atoms with van der Waals surface area (Å²) in [6.07, 6.45) is 4.16. The molecule has 0 spiro atoms. The van der Waals surface area contributed by atoms with E-state index in [1.807, 2.05) is 13.8 Å². The lowest BCUT2D eigenvalue weighted by molar-refractivity contribution is -0.111. The highest BCUT2D eigenvalue weighted by atomic mass is 35.5. The van der Waals surface area contributed by atoms with Crippen LogP contribution in [0.4, 0.5) is 11.5 Å². The molecule has 8 heteroatoms. The molecule has 27 heavy (non-hydrogen) atoms. The van der Waals surface area contributed by atoms with Gasteiger partial charge in [0, 0.05) is 24.2 Å². The number of carbonyl (C=O) groups excluding carboxylic acids is 1. The molecule has 144 valence electrons. The number of nitrogens with one attached hydrogen (secondary N) is 1. The molecule has 0 atom stereocenters. The van der Waals surface area contributed by atoms with Crippen LogP contribution in [0.2, 0.25) is 5.02 Å². The number of hydrogen-bond donors (Lipinski definition) is 2. The molecule has 0 unspecified atom stereocenters. The second kappa shape index (κ2) is 9.23. The Hall–Kier alpha value is -2.80. The molecule has 1 aromatic heterocycles. The molecule has 3 N–H and O–H groups in total. The van der Waals surface area contributed by atoms with Crippen molar-refractivity contribution in [3.05, 3.63) is 61.8 Å². The summed E-state index contributed by atoms with van der Waals surface area (Å²) in [6.45, 7) is 4.37. The van der Waals surface area contributed by atoms with Gasteiger partial charge in [0.1, 0.15) is 11.5 Å². The number of aromatic nitrogens is 2. The van der Waals surface area contributed by atoms with E-state index in [9.17, 15) is 14.4 Å². The molecule has 2 aromatic rings. The van der Waals surface area contributed by atoms with E-state index in [2.05, 4.69) is 5.32 Å². The van der Waals surface area contributed by atoms with Crippen molar-refractivity contribution in [1.29, 1.82) is 0 Å². The molecule has 0 aliphatic rings. The van der Waals surface area contributed by atoms with E-state index in [1.54, 1.807) is 30.3 Å². The van der Waals surface area contributed by atoms with Crippen molar-refractivity contribution in [3.63, 3.8) is 0 Å². The summed E-state index contributed by atoms with van der Waals surface area (Å²) in [6, 6.07) is 6.94. The number of hydrogen-bond acceptors (Lipinski definition) is 4. The average molecular weight is 391 g/mol. The summed E-state index contributed by atoms with van der Waals surface area (Å²) in [4.78, 5) is 37.4. The number of benzene rings is 1. The van der Waals surface area contributed by atoms with E-state index < -0.39 is 17.2 Å². The predicted octanol–water partition coefficient (Wildman–Crippen LogP) is 2.72. The van der Waals surface area contributed by atoms with Gasteiger partial charge in [0.2, 0.25) is 5.91 Å². The maximum atomic E-state index is 12.6. The number of rotatable bonds is 7. The predicted molar refractivity (Wildman–Crippen MR) is 109 cm³/mol. The summed E-state index contributed by atoms with van der Waals surface area (Å²) < 4.78 is 2.42. The van der Waals surface area contributed by atoms with Crippen LogP contribution in [-0.2, 0) is 17.9 Å². The maximum Gasteiger partial charge on any atom is 0.332 e. The zero-order chi connectivity index (χ0) is 20.0. The Kier molecular flexibility index (Phi) is 7.01. The molecule has 2 rings (SSSR count). The van der Waals surface area contributed by atoms with Crippen LogP contribution in [0.3, 0.4) is 0 Å². The minimum Gasteiger partial charge on any atom is -0.383 e. The third-order valence-electron chi connectivity index (χ3n) is 3.91. The fourth-order valence-electron chi connectivity index (χ4n) is 2.60. The molecule has 0 radical (unpaired) electrons. The second-order valence-electron chi connectivity index (χ2n) is 6.03. The van der Waals surface area contributed by atoms with Crippen LogP contribution < -0.4 is 22.3 Å². The summed E-state index contributed by atoms with van der Waals surface area (Å²) in [7, 11) is 0. The van der Waals surface area contributed by atoms with Gasteiger partial charge in [-0.1, -0.05) is 37.6 Å². The normalized spacial score (nSPS) is 11.1. The fraction of sp³-hybridized carbons (Fsp3) is 0.316. The van der Waals surface area contributed by atoms with Crippen molar-refractivity contribution >= 4 is 35.1 Å². The first-order valence-electron chi connectivity index (χ1n) is 8.76. The van der Waals surface area contributed by atoms with Gasteiger partial charge in [-0.15, -0.1) is 0 Å². The Morgan fingerprint density at radius 1 is 1.11 bits per heavy atom. The van der Waals surface area contributed by atoms with Gasteiger partial charge >= 0.3 is 5.69 Å². The second-order valence-corrected chi connectivity index (χ2v) is 6.46. The van der Waals surface area contributed by atoms with E-state index in [0.717, 1.165) is 10.1 Å². The molecule has 7 nitrogen and oxygen atoms in total. The largest absolute Gasteiger partial charge is 0.383 e. The van der Waals surface area contributed by atoms with Gasteiger partial charge < -0.3 is 11.1 Å². The smallest absolute Gasteiger partial charge is 0.332 e. The summed E-state index contributed by atoms with van der Waals surface area (Å²) in [5.74, 6) is -0.550. The number of nitrogens with two attached hydrogens (primary N) is 1. The molecule has 1 heterocycles. The standard InChI is InChI=1S/C19H23ClN4O3/c1-3-11-23-17(21)16(18(26)24(12-4-2)19(23)27)22-15(25)10-7-13-5-8-14(20)9-6-13/h5-10H,3-4,11-12,21H2,1-2H3,(H,22,25). The minimum atomic E-state index is -0.597. The number of carbonyl (C=O) groups is 1. The number of amides is 1. The minimum absolute atomic E-state index is 0.0348. The van der Waals surface area contributed by atoms with Crippen LogP contribution in [0.5, 0.6) is 0 Å². The molecule has 0 bridgehead atoms. The van der Waals surface area contributed by atoms with E-state index in [0.29, 0.717) is 24.4 Å². The van der Waals surface area contributed by atoms with Crippen LogP contribution in [0, 0.1) is 0 Å². The number of halogens is 1. The SMILES string of the molecule is CCCn1c(N)c(NC(=O)C=Cc2ccc(Cl)cc2)c(=O)n(CCC)c1=O. The summed E-state index contributed by atoms with van der Waals surface area (Å²) in [5, 5.41) is 3.11. The lowest BCUT2D eigenvalue weighted by Gasteiger charge is -2.16. The van der Waals surface area contributed by atoms with Gasteiger partial charge in [-0.05, 0) is 36.6 Å². The number of nitrogens with zero attached hydrogens (tertiary/aromatic N) is 2. The van der Waals surface area contributed by atoms with Gasteiger partial charge in [-0.3, -0.25) is 18.7 Å². The Labute approximate surface area is 162 Å². The van der Waals surface area contributed by atoms with Crippen molar-refractivity contribution in [2.45, 2.75) is 39.8 Å². The monoisotopic (exact) mass is 390 g/mol.